The Kier molecular flexibility index (Phi) is 8.16. The summed E-state index contributed by atoms with van der Waals surface area (Å²) in [5, 5.41) is 0.581. The van der Waals surface area contributed by atoms with Crippen LogP contribution in [0.15, 0.2) is 89.8 Å². The van der Waals surface area contributed by atoms with E-state index in [0.717, 1.165) is 16.8 Å². The summed E-state index contributed by atoms with van der Waals surface area (Å²) >= 11 is 12.9. The fourth-order valence-electron chi connectivity index (χ4n) is 3.65. The first-order valence-electron chi connectivity index (χ1n) is 10.9. The summed E-state index contributed by atoms with van der Waals surface area (Å²) in [4.78, 5) is 30.0. The summed E-state index contributed by atoms with van der Waals surface area (Å²) in [5.74, 6) is -0.140. The van der Waals surface area contributed by atoms with Crippen LogP contribution < -0.4 is 4.90 Å². The zero-order valence-electron chi connectivity index (χ0n) is 18.4. The van der Waals surface area contributed by atoms with Crippen molar-refractivity contribution in [3.8, 4) is 0 Å². The molecule has 1 aliphatic rings. The number of para-hydroxylation sites is 1. The van der Waals surface area contributed by atoms with E-state index in [1.54, 1.807) is 21.9 Å². The minimum atomic E-state index is -0.147. The largest absolute Gasteiger partial charge is 0.308 e. The Balaban J connectivity index is 1.40. The van der Waals surface area contributed by atoms with Crippen LogP contribution in [0.3, 0.4) is 0 Å². The van der Waals surface area contributed by atoms with Gasteiger partial charge in [-0.05, 0) is 41.8 Å². The van der Waals surface area contributed by atoms with Crippen molar-refractivity contribution in [3.05, 3.63) is 106 Å². The minimum absolute atomic E-state index is 0.00658. The van der Waals surface area contributed by atoms with Crippen LogP contribution >= 0.6 is 35.6 Å². The lowest BCUT2D eigenvalue weighted by atomic mass is 10.1. The second-order valence-corrected chi connectivity index (χ2v) is 9.84. The number of nitrogens with zero attached hydrogens (tertiary/aromatic N) is 2. The molecule has 7 heteroatoms. The second-order valence-electron chi connectivity index (χ2n) is 7.76. The van der Waals surface area contributed by atoms with Gasteiger partial charge in [0.2, 0.25) is 5.91 Å². The highest BCUT2D eigenvalue weighted by Crippen LogP contribution is 2.34. The molecule has 0 radical (unpaired) electrons. The highest BCUT2D eigenvalue weighted by Gasteiger charge is 2.32. The first-order chi connectivity index (χ1) is 16.5. The molecular formula is C27H23ClN2O2S2. The van der Waals surface area contributed by atoms with Gasteiger partial charge in [0.05, 0.1) is 11.4 Å². The molecule has 0 atom stereocenters. The number of thiocarbonyl (C=S) groups is 1. The number of carbonyl (C=O) groups is 2. The number of hydrogen-bond donors (Lipinski definition) is 0. The number of anilines is 1. The van der Waals surface area contributed by atoms with Gasteiger partial charge in [0.25, 0.3) is 5.91 Å². The van der Waals surface area contributed by atoms with Gasteiger partial charge >= 0.3 is 0 Å². The Morgan fingerprint density at radius 1 is 0.971 bits per heavy atom. The van der Waals surface area contributed by atoms with E-state index in [4.69, 9.17) is 23.8 Å². The van der Waals surface area contributed by atoms with Gasteiger partial charge in [-0.3, -0.25) is 14.5 Å². The van der Waals surface area contributed by atoms with Crippen LogP contribution in [-0.2, 0) is 16.1 Å². The normalized spacial score (nSPS) is 14.6. The van der Waals surface area contributed by atoms with Crippen molar-refractivity contribution >= 4 is 63.5 Å². The summed E-state index contributed by atoms with van der Waals surface area (Å²) in [6.07, 6.45) is 2.59. The average Bonchev–Trinajstić information content (AvgIpc) is 3.12. The van der Waals surface area contributed by atoms with Gasteiger partial charge in [0.1, 0.15) is 4.32 Å². The molecule has 34 heavy (non-hydrogen) atoms. The van der Waals surface area contributed by atoms with Gasteiger partial charge in [0.15, 0.2) is 0 Å². The van der Waals surface area contributed by atoms with E-state index in [-0.39, 0.29) is 11.8 Å². The van der Waals surface area contributed by atoms with Crippen molar-refractivity contribution in [2.45, 2.75) is 19.4 Å². The number of benzene rings is 3. The molecule has 0 bridgehead atoms. The predicted molar refractivity (Wildman–Crippen MR) is 145 cm³/mol. The van der Waals surface area contributed by atoms with E-state index >= 15 is 0 Å². The van der Waals surface area contributed by atoms with Crippen LogP contribution in [0.1, 0.15) is 24.0 Å². The first-order valence-corrected chi connectivity index (χ1v) is 12.5. The van der Waals surface area contributed by atoms with Crippen LogP contribution in [-0.4, -0.2) is 27.6 Å². The summed E-state index contributed by atoms with van der Waals surface area (Å²) < 4.78 is 0.500. The molecule has 172 valence electrons. The Hall–Kier alpha value is -2.93. The molecule has 0 aliphatic carbocycles. The monoisotopic (exact) mass is 506 g/mol. The molecule has 1 fully saturated rings. The molecule has 1 aliphatic heterocycles. The van der Waals surface area contributed by atoms with Crippen molar-refractivity contribution in [2.75, 3.05) is 11.4 Å². The van der Waals surface area contributed by atoms with E-state index in [1.807, 2.05) is 78.9 Å². The molecule has 3 aromatic carbocycles. The SMILES string of the molecule is O=C1/C(=C/c2ccccc2Cl)SC(=S)N1CCCC(=O)N(Cc1ccccc1)c1ccccc1. The summed E-state index contributed by atoms with van der Waals surface area (Å²) in [6, 6.07) is 26.9. The van der Waals surface area contributed by atoms with E-state index in [9.17, 15) is 9.59 Å². The molecule has 0 unspecified atom stereocenters. The summed E-state index contributed by atoms with van der Waals surface area (Å²) in [7, 11) is 0. The first kappa shape index (κ1) is 24.2. The number of rotatable bonds is 8. The number of thioether (sulfide) groups is 1. The fourth-order valence-corrected chi connectivity index (χ4v) is 5.14. The standard InChI is InChI=1S/C27H23ClN2O2S2/c28-23-15-8-7-12-21(23)18-24-26(32)29(27(33)34-24)17-9-16-25(31)30(22-13-5-2-6-14-22)19-20-10-3-1-4-11-20/h1-8,10-15,18H,9,16-17,19H2/b24-18-. The van der Waals surface area contributed by atoms with Gasteiger partial charge in [-0.15, -0.1) is 0 Å². The smallest absolute Gasteiger partial charge is 0.266 e. The molecular weight excluding hydrogens is 484 g/mol. The average molecular weight is 507 g/mol. The molecule has 1 saturated heterocycles. The molecule has 4 rings (SSSR count). The zero-order chi connectivity index (χ0) is 23.9. The summed E-state index contributed by atoms with van der Waals surface area (Å²) in [6.45, 7) is 0.884. The minimum Gasteiger partial charge on any atom is -0.308 e. The summed E-state index contributed by atoms with van der Waals surface area (Å²) in [5.41, 5.74) is 2.69. The Morgan fingerprint density at radius 2 is 1.62 bits per heavy atom. The number of halogens is 1. The van der Waals surface area contributed by atoms with Crippen LogP contribution in [0.5, 0.6) is 0 Å². The van der Waals surface area contributed by atoms with Gasteiger partial charge in [-0.2, -0.15) is 0 Å². The third-order valence-electron chi connectivity index (χ3n) is 5.39. The van der Waals surface area contributed by atoms with Crippen molar-refractivity contribution in [1.29, 1.82) is 0 Å². The van der Waals surface area contributed by atoms with Gasteiger partial charge < -0.3 is 4.90 Å². The zero-order valence-corrected chi connectivity index (χ0v) is 20.8. The quantitative estimate of drug-likeness (QED) is 0.256. The van der Waals surface area contributed by atoms with E-state index < -0.39 is 0 Å². The van der Waals surface area contributed by atoms with Gasteiger partial charge in [-0.25, -0.2) is 0 Å². The molecule has 4 nitrogen and oxygen atoms in total. The second kappa shape index (κ2) is 11.5. The molecule has 0 aromatic heterocycles. The van der Waals surface area contributed by atoms with Gasteiger partial charge in [0, 0.05) is 23.7 Å². The Labute approximate surface area is 214 Å². The number of hydrogen-bond acceptors (Lipinski definition) is 4. The highest BCUT2D eigenvalue weighted by molar-refractivity contribution is 8.26. The van der Waals surface area contributed by atoms with Crippen LogP contribution in [0.2, 0.25) is 5.02 Å². The van der Waals surface area contributed by atoms with E-state index in [2.05, 4.69) is 0 Å². The molecule has 0 N–H and O–H groups in total. The van der Waals surface area contributed by atoms with Crippen LogP contribution in [0.25, 0.3) is 6.08 Å². The third-order valence-corrected chi connectivity index (χ3v) is 7.11. The number of amides is 2. The lowest BCUT2D eigenvalue weighted by Gasteiger charge is -2.24. The van der Waals surface area contributed by atoms with Crippen molar-refractivity contribution in [3.63, 3.8) is 0 Å². The van der Waals surface area contributed by atoms with E-state index in [1.165, 1.54) is 11.8 Å². The molecule has 0 saturated carbocycles. The fraction of sp³-hybridized carbons (Fsp3) is 0.148. The maximum absolute atomic E-state index is 13.2. The molecule has 0 spiro atoms. The third kappa shape index (κ3) is 5.95. The lowest BCUT2D eigenvalue weighted by Crippen LogP contribution is -2.33. The highest BCUT2D eigenvalue weighted by atomic mass is 35.5. The molecule has 1 heterocycles. The van der Waals surface area contributed by atoms with Crippen LogP contribution in [0, 0.1) is 0 Å². The van der Waals surface area contributed by atoms with Gasteiger partial charge in [-0.1, -0.05) is 102 Å². The Morgan fingerprint density at radius 3 is 2.32 bits per heavy atom. The maximum atomic E-state index is 13.2. The lowest BCUT2D eigenvalue weighted by molar-refractivity contribution is -0.123. The van der Waals surface area contributed by atoms with Crippen molar-refractivity contribution in [1.82, 2.24) is 4.90 Å². The maximum Gasteiger partial charge on any atom is 0.266 e. The topological polar surface area (TPSA) is 40.6 Å². The molecule has 2 amide bonds. The van der Waals surface area contributed by atoms with Crippen molar-refractivity contribution in [2.24, 2.45) is 0 Å². The molecule has 3 aromatic rings. The van der Waals surface area contributed by atoms with Crippen molar-refractivity contribution < 1.29 is 9.59 Å². The Bertz CT molecular complexity index is 1220. The predicted octanol–water partition coefficient (Wildman–Crippen LogP) is 6.55. The van der Waals surface area contributed by atoms with Crippen LogP contribution in [0.4, 0.5) is 5.69 Å². The van der Waals surface area contributed by atoms with E-state index in [0.29, 0.717) is 40.2 Å². The number of carbonyl (C=O) groups excluding carboxylic acids is 2.